The van der Waals surface area contributed by atoms with Crippen molar-refractivity contribution in [3.8, 4) is 0 Å². The number of likely N-dealkylation sites (tertiary alicyclic amines) is 1. The van der Waals surface area contributed by atoms with Gasteiger partial charge >= 0.3 is 0 Å². The van der Waals surface area contributed by atoms with E-state index in [0.29, 0.717) is 17.7 Å². The molecule has 0 atom stereocenters. The number of hydrogen-bond donors (Lipinski definition) is 1. The molecule has 6 heteroatoms. The summed E-state index contributed by atoms with van der Waals surface area (Å²) in [6.45, 7) is 2.23. The van der Waals surface area contributed by atoms with Crippen LogP contribution in [0, 0.1) is 0 Å². The highest BCUT2D eigenvalue weighted by molar-refractivity contribution is 5.45. The lowest BCUT2D eigenvalue weighted by Crippen LogP contribution is -2.29. The Hall–Kier alpha value is -2.08. The highest BCUT2D eigenvalue weighted by Gasteiger charge is 2.20. The van der Waals surface area contributed by atoms with Gasteiger partial charge in [0.2, 0.25) is 5.95 Å². The lowest BCUT2D eigenvalue weighted by molar-refractivity contribution is 0.253. The van der Waals surface area contributed by atoms with Crippen molar-refractivity contribution in [3.05, 3.63) is 36.5 Å². The van der Waals surface area contributed by atoms with Crippen LogP contribution < -0.4 is 5.32 Å². The highest BCUT2D eigenvalue weighted by atomic mass is 15.1. The van der Waals surface area contributed by atoms with Gasteiger partial charge in [0.1, 0.15) is 0 Å². The maximum atomic E-state index is 4.64. The Morgan fingerprint density at radius 3 is 2.65 bits per heavy atom. The summed E-state index contributed by atoms with van der Waals surface area (Å²) in [7, 11) is 2.16. The molecule has 3 heterocycles. The zero-order valence-corrected chi connectivity index (χ0v) is 11.5. The molecule has 0 bridgehead atoms. The zero-order chi connectivity index (χ0) is 13.8. The predicted octanol–water partition coefficient (Wildman–Crippen LogP) is 1.82. The van der Waals surface area contributed by atoms with Crippen LogP contribution >= 0.6 is 0 Å². The largest absolute Gasteiger partial charge is 0.307 e. The molecule has 1 aliphatic rings. The molecule has 3 rings (SSSR count). The van der Waals surface area contributed by atoms with E-state index in [2.05, 4.69) is 37.2 Å². The first-order chi connectivity index (χ1) is 9.81. The van der Waals surface area contributed by atoms with E-state index < -0.39 is 0 Å². The molecular weight excluding hydrogens is 252 g/mol. The molecule has 1 saturated heterocycles. The molecule has 0 spiro atoms. The SMILES string of the molecule is CN1CCC(c2cncc(Nc3ncccn3)n2)CC1. The summed E-state index contributed by atoms with van der Waals surface area (Å²) in [6.07, 6.45) is 9.24. The van der Waals surface area contributed by atoms with Crippen molar-refractivity contribution in [2.24, 2.45) is 0 Å². The van der Waals surface area contributed by atoms with Gasteiger partial charge < -0.3 is 10.2 Å². The molecule has 0 saturated carbocycles. The van der Waals surface area contributed by atoms with Crippen LogP contribution in [0.5, 0.6) is 0 Å². The molecular formula is C14H18N6. The second-order valence-electron chi connectivity index (χ2n) is 5.10. The van der Waals surface area contributed by atoms with Gasteiger partial charge in [0.25, 0.3) is 0 Å². The molecule has 1 fully saturated rings. The fraction of sp³-hybridized carbons (Fsp3) is 0.429. The fourth-order valence-corrected chi connectivity index (χ4v) is 2.42. The molecule has 0 radical (unpaired) electrons. The maximum Gasteiger partial charge on any atom is 0.228 e. The monoisotopic (exact) mass is 270 g/mol. The Bertz CT molecular complexity index is 551. The van der Waals surface area contributed by atoms with Crippen LogP contribution in [0.2, 0.25) is 0 Å². The van der Waals surface area contributed by atoms with Gasteiger partial charge in [-0.15, -0.1) is 0 Å². The predicted molar refractivity (Wildman–Crippen MR) is 76.8 cm³/mol. The van der Waals surface area contributed by atoms with Crippen LogP contribution in [-0.4, -0.2) is 45.0 Å². The Morgan fingerprint density at radius 2 is 1.90 bits per heavy atom. The minimum absolute atomic E-state index is 0.497. The summed E-state index contributed by atoms with van der Waals surface area (Å²) in [6, 6.07) is 1.78. The van der Waals surface area contributed by atoms with Crippen molar-refractivity contribution in [3.63, 3.8) is 0 Å². The minimum atomic E-state index is 0.497. The Morgan fingerprint density at radius 1 is 1.15 bits per heavy atom. The van der Waals surface area contributed by atoms with E-state index in [0.717, 1.165) is 31.6 Å². The molecule has 2 aromatic heterocycles. The maximum absolute atomic E-state index is 4.64. The normalized spacial score (nSPS) is 17.1. The van der Waals surface area contributed by atoms with Crippen molar-refractivity contribution in [1.29, 1.82) is 0 Å². The Balaban J connectivity index is 1.73. The van der Waals surface area contributed by atoms with E-state index in [1.807, 2.05) is 6.20 Å². The van der Waals surface area contributed by atoms with E-state index in [1.54, 1.807) is 24.7 Å². The lowest BCUT2D eigenvalue weighted by Gasteiger charge is -2.28. The Labute approximate surface area is 118 Å². The topological polar surface area (TPSA) is 66.8 Å². The summed E-state index contributed by atoms with van der Waals surface area (Å²) in [5.74, 6) is 1.74. The molecule has 1 N–H and O–H groups in total. The third-order valence-corrected chi connectivity index (χ3v) is 3.60. The first-order valence-electron chi connectivity index (χ1n) is 6.86. The smallest absolute Gasteiger partial charge is 0.228 e. The summed E-state index contributed by atoms with van der Waals surface area (Å²) in [5.41, 5.74) is 1.05. The number of nitrogens with zero attached hydrogens (tertiary/aromatic N) is 5. The third-order valence-electron chi connectivity index (χ3n) is 3.60. The average molecular weight is 270 g/mol. The Kier molecular flexibility index (Phi) is 3.83. The van der Waals surface area contributed by atoms with Gasteiger partial charge in [-0.3, -0.25) is 4.98 Å². The van der Waals surface area contributed by atoms with Gasteiger partial charge in [0.05, 0.1) is 11.9 Å². The summed E-state index contributed by atoms with van der Waals surface area (Å²) in [4.78, 5) is 19.5. The molecule has 1 aliphatic heterocycles. The molecule has 0 amide bonds. The fourth-order valence-electron chi connectivity index (χ4n) is 2.42. The number of rotatable bonds is 3. The molecule has 20 heavy (non-hydrogen) atoms. The third kappa shape index (κ3) is 3.08. The molecule has 2 aromatic rings. The second-order valence-corrected chi connectivity index (χ2v) is 5.10. The minimum Gasteiger partial charge on any atom is -0.307 e. The van der Waals surface area contributed by atoms with Crippen LogP contribution in [-0.2, 0) is 0 Å². The molecule has 6 nitrogen and oxygen atoms in total. The summed E-state index contributed by atoms with van der Waals surface area (Å²) in [5, 5.41) is 3.09. The number of nitrogens with one attached hydrogen (secondary N) is 1. The molecule has 0 aliphatic carbocycles. The van der Waals surface area contributed by atoms with Gasteiger partial charge in [-0.05, 0) is 39.0 Å². The molecule has 0 unspecified atom stereocenters. The first-order valence-corrected chi connectivity index (χ1v) is 6.86. The standard InChI is InChI=1S/C14H18N6/c1-20-7-3-11(4-8-20)12-9-15-10-13(18-12)19-14-16-5-2-6-17-14/h2,5-6,9-11H,3-4,7-8H2,1H3,(H,16,17,18,19). The second kappa shape index (κ2) is 5.92. The highest BCUT2D eigenvalue weighted by Crippen LogP contribution is 2.26. The first kappa shape index (κ1) is 12.9. The van der Waals surface area contributed by atoms with Gasteiger partial charge in [-0.1, -0.05) is 0 Å². The van der Waals surface area contributed by atoms with E-state index in [9.17, 15) is 0 Å². The summed E-state index contributed by atoms with van der Waals surface area (Å²) < 4.78 is 0. The average Bonchev–Trinajstić information content (AvgIpc) is 2.49. The summed E-state index contributed by atoms with van der Waals surface area (Å²) >= 11 is 0. The van der Waals surface area contributed by atoms with E-state index in [1.165, 1.54) is 0 Å². The van der Waals surface area contributed by atoms with Crippen LogP contribution in [0.3, 0.4) is 0 Å². The van der Waals surface area contributed by atoms with Crippen molar-refractivity contribution >= 4 is 11.8 Å². The number of aromatic nitrogens is 4. The van der Waals surface area contributed by atoms with Crippen LogP contribution in [0.1, 0.15) is 24.5 Å². The van der Waals surface area contributed by atoms with Gasteiger partial charge in [-0.25, -0.2) is 15.0 Å². The number of piperidine rings is 1. The number of hydrogen-bond acceptors (Lipinski definition) is 6. The van der Waals surface area contributed by atoms with Crippen LogP contribution in [0.25, 0.3) is 0 Å². The number of anilines is 2. The van der Waals surface area contributed by atoms with Gasteiger partial charge in [-0.2, -0.15) is 0 Å². The van der Waals surface area contributed by atoms with E-state index in [4.69, 9.17) is 0 Å². The van der Waals surface area contributed by atoms with E-state index in [-0.39, 0.29) is 0 Å². The van der Waals surface area contributed by atoms with Gasteiger partial charge in [0, 0.05) is 24.5 Å². The van der Waals surface area contributed by atoms with Crippen LogP contribution in [0.4, 0.5) is 11.8 Å². The van der Waals surface area contributed by atoms with Crippen molar-refractivity contribution < 1.29 is 0 Å². The quantitative estimate of drug-likeness (QED) is 0.917. The zero-order valence-electron chi connectivity index (χ0n) is 11.5. The van der Waals surface area contributed by atoms with Crippen molar-refractivity contribution in [1.82, 2.24) is 24.8 Å². The lowest BCUT2D eigenvalue weighted by atomic mass is 9.94. The molecule has 104 valence electrons. The van der Waals surface area contributed by atoms with Crippen molar-refractivity contribution in [2.45, 2.75) is 18.8 Å². The molecule has 0 aromatic carbocycles. The van der Waals surface area contributed by atoms with Crippen LogP contribution in [0.15, 0.2) is 30.9 Å². The van der Waals surface area contributed by atoms with Gasteiger partial charge in [0.15, 0.2) is 5.82 Å². The van der Waals surface area contributed by atoms with Crippen molar-refractivity contribution in [2.75, 3.05) is 25.5 Å². The van der Waals surface area contributed by atoms with E-state index >= 15 is 0 Å².